The van der Waals surface area contributed by atoms with Crippen molar-refractivity contribution < 1.29 is 22.6 Å². The number of hydrogen-bond acceptors (Lipinski definition) is 3. The molecule has 0 spiro atoms. The van der Waals surface area contributed by atoms with Crippen molar-refractivity contribution in [2.24, 2.45) is 10.9 Å². The van der Waals surface area contributed by atoms with Gasteiger partial charge in [0.15, 0.2) is 17.5 Å². The van der Waals surface area contributed by atoms with Gasteiger partial charge in [0, 0.05) is 12.6 Å². The number of nitrogens with zero attached hydrogens (tertiary/aromatic N) is 1. The summed E-state index contributed by atoms with van der Waals surface area (Å²) in [4.78, 5) is 4.58. The van der Waals surface area contributed by atoms with Crippen molar-refractivity contribution in [2.45, 2.75) is 58.3 Å². The largest absolute Gasteiger partial charge is 0.493 e. The normalized spacial score (nSPS) is 20.6. The topological polar surface area (TPSA) is 54.9 Å². The first-order valence-corrected chi connectivity index (χ1v) is 9.78. The molecular weight excluding hydrogens is 371 g/mol. The maximum Gasteiger partial charge on any atom is 0.391 e. The second kappa shape index (κ2) is 10.4. The van der Waals surface area contributed by atoms with E-state index in [9.17, 15) is 13.2 Å². The Morgan fingerprint density at radius 2 is 1.86 bits per heavy atom. The first kappa shape index (κ1) is 22.2. The van der Waals surface area contributed by atoms with Crippen molar-refractivity contribution in [1.29, 1.82) is 0 Å². The second-order valence-electron chi connectivity index (χ2n) is 6.85. The molecule has 0 amide bonds. The molecule has 0 radical (unpaired) electrons. The third-order valence-electron chi connectivity index (χ3n) is 4.82. The highest BCUT2D eigenvalue weighted by Gasteiger charge is 2.41. The molecule has 1 saturated carbocycles. The number of ether oxygens (including phenoxy) is 2. The van der Waals surface area contributed by atoms with Gasteiger partial charge in [0.25, 0.3) is 0 Å². The quantitative estimate of drug-likeness (QED) is 0.529. The Hall–Kier alpha value is -2.12. The average molecular weight is 401 g/mol. The Kier molecular flexibility index (Phi) is 8.26. The molecule has 1 aliphatic carbocycles. The zero-order valence-corrected chi connectivity index (χ0v) is 16.7. The molecule has 28 heavy (non-hydrogen) atoms. The van der Waals surface area contributed by atoms with Gasteiger partial charge in [-0.05, 0) is 57.2 Å². The number of nitrogens with one attached hydrogen (secondary N) is 2. The lowest BCUT2D eigenvalue weighted by atomic mass is 9.85. The maximum atomic E-state index is 12.8. The molecule has 1 aliphatic rings. The average Bonchev–Trinajstić information content (AvgIpc) is 2.66. The van der Waals surface area contributed by atoms with E-state index >= 15 is 0 Å². The Morgan fingerprint density at radius 1 is 1.14 bits per heavy atom. The summed E-state index contributed by atoms with van der Waals surface area (Å²) in [7, 11) is 1.59. The van der Waals surface area contributed by atoms with Crippen LogP contribution in [0.15, 0.2) is 23.2 Å². The summed E-state index contributed by atoms with van der Waals surface area (Å²) in [5.41, 5.74) is 0.960. The fourth-order valence-electron chi connectivity index (χ4n) is 3.34. The van der Waals surface area contributed by atoms with Gasteiger partial charge in [-0.25, -0.2) is 4.99 Å². The van der Waals surface area contributed by atoms with Crippen LogP contribution in [-0.2, 0) is 6.54 Å². The first-order chi connectivity index (χ1) is 13.4. The lowest BCUT2D eigenvalue weighted by Crippen LogP contribution is -2.45. The van der Waals surface area contributed by atoms with Gasteiger partial charge < -0.3 is 20.1 Å². The molecule has 0 atom stereocenters. The van der Waals surface area contributed by atoms with E-state index in [2.05, 4.69) is 15.6 Å². The minimum atomic E-state index is -4.09. The zero-order chi connectivity index (χ0) is 20.6. The van der Waals surface area contributed by atoms with Crippen molar-refractivity contribution in [2.75, 3.05) is 20.3 Å². The maximum absolute atomic E-state index is 12.8. The van der Waals surface area contributed by atoms with Crippen LogP contribution in [0.5, 0.6) is 11.5 Å². The summed E-state index contributed by atoms with van der Waals surface area (Å²) >= 11 is 0. The van der Waals surface area contributed by atoms with Crippen molar-refractivity contribution in [3.05, 3.63) is 23.8 Å². The summed E-state index contributed by atoms with van der Waals surface area (Å²) in [5, 5.41) is 6.44. The van der Waals surface area contributed by atoms with Gasteiger partial charge >= 0.3 is 6.18 Å². The Morgan fingerprint density at radius 3 is 2.43 bits per heavy atom. The number of rotatable bonds is 7. The standard InChI is InChI=1S/C20H30F3N3O2/c1-4-24-19(26-16-9-7-15(8-10-16)20(21,22)23)25-13-14-6-11-17(27-3)18(12-14)28-5-2/h6,11-12,15-16H,4-5,7-10,13H2,1-3H3,(H2,24,25,26). The Balaban J connectivity index is 1.98. The van der Waals surface area contributed by atoms with E-state index in [1.807, 2.05) is 32.0 Å². The zero-order valence-electron chi connectivity index (χ0n) is 16.7. The van der Waals surface area contributed by atoms with Gasteiger partial charge in [-0.2, -0.15) is 13.2 Å². The molecular formula is C20H30F3N3O2. The predicted octanol–water partition coefficient (Wildman–Crippen LogP) is 4.27. The molecule has 0 unspecified atom stereocenters. The molecule has 2 rings (SSSR count). The van der Waals surface area contributed by atoms with Crippen LogP contribution in [0.2, 0.25) is 0 Å². The molecule has 8 heteroatoms. The van der Waals surface area contributed by atoms with Crippen molar-refractivity contribution >= 4 is 5.96 Å². The van der Waals surface area contributed by atoms with E-state index in [-0.39, 0.29) is 18.9 Å². The number of guanidine groups is 1. The molecule has 1 fully saturated rings. The third-order valence-corrected chi connectivity index (χ3v) is 4.82. The number of alkyl halides is 3. The summed E-state index contributed by atoms with van der Waals surface area (Å²) in [6, 6.07) is 5.66. The highest BCUT2D eigenvalue weighted by atomic mass is 19.4. The summed E-state index contributed by atoms with van der Waals surface area (Å²) in [6.07, 6.45) is -2.78. The number of aliphatic imine (C=N–C) groups is 1. The Bertz CT molecular complexity index is 642. The van der Waals surface area contributed by atoms with Crippen LogP contribution in [-0.4, -0.2) is 38.4 Å². The van der Waals surface area contributed by atoms with Gasteiger partial charge in [0.1, 0.15) is 0 Å². The minimum Gasteiger partial charge on any atom is -0.493 e. The molecule has 0 saturated heterocycles. The summed E-state index contributed by atoms with van der Waals surface area (Å²) < 4.78 is 49.3. The fourth-order valence-corrected chi connectivity index (χ4v) is 3.34. The highest BCUT2D eigenvalue weighted by molar-refractivity contribution is 5.80. The van der Waals surface area contributed by atoms with E-state index in [1.165, 1.54) is 0 Å². The van der Waals surface area contributed by atoms with Crippen LogP contribution in [0.1, 0.15) is 45.1 Å². The highest BCUT2D eigenvalue weighted by Crippen LogP contribution is 2.37. The molecule has 0 bridgehead atoms. The molecule has 2 N–H and O–H groups in total. The molecule has 1 aromatic carbocycles. The van der Waals surface area contributed by atoms with Crippen LogP contribution in [0.3, 0.4) is 0 Å². The third kappa shape index (κ3) is 6.49. The van der Waals surface area contributed by atoms with Crippen LogP contribution >= 0.6 is 0 Å². The van der Waals surface area contributed by atoms with Gasteiger partial charge in [-0.1, -0.05) is 6.07 Å². The molecule has 0 aliphatic heterocycles. The van der Waals surface area contributed by atoms with Crippen LogP contribution in [0, 0.1) is 5.92 Å². The van der Waals surface area contributed by atoms with Gasteiger partial charge in [-0.15, -0.1) is 0 Å². The van der Waals surface area contributed by atoms with Crippen molar-refractivity contribution in [3.8, 4) is 11.5 Å². The lowest BCUT2D eigenvalue weighted by Gasteiger charge is -2.31. The smallest absolute Gasteiger partial charge is 0.391 e. The monoisotopic (exact) mass is 401 g/mol. The van der Waals surface area contributed by atoms with Gasteiger partial charge in [-0.3, -0.25) is 0 Å². The van der Waals surface area contributed by atoms with Crippen molar-refractivity contribution in [3.63, 3.8) is 0 Å². The van der Waals surface area contributed by atoms with E-state index < -0.39 is 12.1 Å². The number of methoxy groups -OCH3 is 1. The number of halogens is 3. The van der Waals surface area contributed by atoms with Gasteiger partial charge in [0.05, 0.1) is 26.2 Å². The minimum absolute atomic E-state index is 0.00579. The van der Waals surface area contributed by atoms with Crippen LogP contribution < -0.4 is 20.1 Å². The van der Waals surface area contributed by atoms with Crippen molar-refractivity contribution in [1.82, 2.24) is 10.6 Å². The molecule has 1 aromatic rings. The molecule has 158 valence electrons. The van der Waals surface area contributed by atoms with E-state index in [1.54, 1.807) is 7.11 Å². The lowest BCUT2D eigenvalue weighted by molar-refractivity contribution is -0.182. The van der Waals surface area contributed by atoms with Crippen LogP contribution in [0.25, 0.3) is 0 Å². The first-order valence-electron chi connectivity index (χ1n) is 9.78. The van der Waals surface area contributed by atoms with E-state index in [4.69, 9.17) is 9.47 Å². The van der Waals surface area contributed by atoms with Gasteiger partial charge in [0.2, 0.25) is 0 Å². The number of benzene rings is 1. The molecule has 0 heterocycles. The SMILES string of the molecule is CCNC(=NCc1ccc(OC)c(OCC)c1)NC1CCC(C(F)(F)F)CC1. The molecule has 5 nitrogen and oxygen atoms in total. The van der Waals surface area contributed by atoms with E-state index in [0.29, 0.717) is 50.0 Å². The summed E-state index contributed by atoms with van der Waals surface area (Å²) in [5.74, 6) is 0.773. The second-order valence-corrected chi connectivity index (χ2v) is 6.85. The van der Waals surface area contributed by atoms with E-state index in [0.717, 1.165) is 5.56 Å². The van der Waals surface area contributed by atoms with Crippen LogP contribution in [0.4, 0.5) is 13.2 Å². The summed E-state index contributed by atoms with van der Waals surface area (Å²) in [6.45, 7) is 5.50. The number of hydrogen-bond donors (Lipinski definition) is 2. The predicted molar refractivity (Wildman–Crippen MR) is 104 cm³/mol. The fraction of sp³-hybridized carbons (Fsp3) is 0.650. The Labute approximate surface area is 164 Å². The molecule has 0 aromatic heterocycles.